The summed E-state index contributed by atoms with van der Waals surface area (Å²) in [5.74, 6) is -3.87. The van der Waals surface area contributed by atoms with Crippen LogP contribution in [0.5, 0.6) is 17.2 Å². The van der Waals surface area contributed by atoms with Crippen LogP contribution in [0, 0.1) is 0 Å². The maximum absolute atomic E-state index is 13.1. The largest absolute Gasteiger partial charge is 0.496 e. The summed E-state index contributed by atoms with van der Waals surface area (Å²) in [4.78, 5) is 91.7. The van der Waals surface area contributed by atoms with E-state index in [1.54, 1.807) is 18.3 Å². The van der Waals surface area contributed by atoms with Crippen LogP contribution in [0.3, 0.4) is 0 Å². The molecule has 0 bridgehead atoms. The second kappa shape index (κ2) is 18.4. The number of ether oxygens (including phenoxy) is 3. The zero-order valence-corrected chi connectivity index (χ0v) is 30.9. The smallest absolute Gasteiger partial charge is 0.255 e. The second-order valence-electron chi connectivity index (χ2n) is 12.0. The molecule has 0 aliphatic rings. The van der Waals surface area contributed by atoms with Gasteiger partial charge in [-0.15, -0.1) is 0 Å². The molecule has 18 nitrogen and oxygen atoms in total. The maximum Gasteiger partial charge on any atom is 0.255 e. The third-order valence-corrected chi connectivity index (χ3v) is 8.27. The van der Waals surface area contributed by atoms with Crippen molar-refractivity contribution in [1.82, 2.24) is 20.9 Å². The van der Waals surface area contributed by atoms with Crippen LogP contribution in [0.1, 0.15) is 41.4 Å². The van der Waals surface area contributed by atoms with Crippen molar-refractivity contribution < 1.29 is 47.8 Å². The standard InChI is InChI=1S/C39H38N8O10/c1-55-30-11-8-21(14-25(30)36(40)51)45-33(48)18-42-37(52)26-15-22(9-12-31(26)56-2)46-34(49)19-43-38(53)27-16-23(10-13-32(27)57-3)47-35(50)20-44-39(54)28-17-41-29-7-5-4-6-24(28)29/h4-17,41H,18-20H2,1-3H3,(H2,40,51)(H,42,52)(H,43,53)(H,44,54)(H,45,48)(H,46,49)(H,47,50). The van der Waals surface area contributed by atoms with Crippen molar-refractivity contribution >= 4 is 69.3 Å². The van der Waals surface area contributed by atoms with E-state index in [0.717, 1.165) is 5.52 Å². The minimum atomic E-state index is -0.756. The van der Waals surface area contributed by atoms with Gasteiger partial charge in [0.25, 0.3) is 23.6 Å². The number of rotatable bonds is 16. The molecule has 9 N–H and O–H groups in total. The number of fused-ring (bicyclic) bond motifs is 1. The van der Waals surface area contributed by atoms with Gasteiger partial charge >= 0.3 is 0 Å². The highest BCUT2D eigenvalue weighted by Gasteiger charge is 2.19. The molecule has 0 aliphatic heterocycles. The molecule has 0 saturated heterocycles. The first-order valence-corrected chi connectivity index (χ1v) is 17.0. The Kier molecular flexibility index (Phi) is 13.0. The Balaban J connectivity index is 1.13. The number of methoxy groups -OCH3 is 3. The van der Waals surface area contributed by atoms with Crippen LogP contribution in [-0.4, -0.2) is 87.3 Å². The Hall–Kier alpha value is -7.89. The highest BCUT2D eigenvalue weighted by Crippen LogP contribution is 2.25. The van der Waals surface area contributed by atoms with Crippen molar-refractivity contribution in [1.29, 1.82) is 0 Å². The lowest BCUT2D eigenvalue weighted by Gasteiger charge is -2.14. The quantitative estimate of drug-likeness (QED) is 0.0725. The number of para-hydroxylation sites is 1. The van der Waals surface area contributed by atoms with Gasteiger partial charge in [-0.05, 0) is 60.7 Å². The molecule has 0 spiro atoms. The Labute approximate surface area is 324 Å². The van der Waals surface area contributed by atoms with Gasteiger partial charge in [-0.3, -0.25) is 33.6 Å². The molecule has 1 heterocycles. The average Bonchev–Trinajstić information content (AvgIpc) is 3.65. The summed E-state index contributed by atoms with van der Waals surface area (Å²) in [6.45, 7) is -1.30. The molecule has 57 heavy (non-hydrogen) atoms. The number of H-pyrrole nitrogens is 1. The van der Waals surface area contributed by atoms with Gasteiger partial charge < -0.3 is 56.8 Å². The lowest BCUT2D eigenvalue weighted by molar-refractivity contribution is -0.116. The van der Waals surface area contributed by atoms with E-state index in [4.69, 9.17) is 19.9 Å². The summed E-state index contributed by atoms with van der Waals surface area (Å²) in [5.41, 5.74) is 7.25. The maximum atomic E-state index is 13.1. The molecule has 4 aromatic carbocycles. The predicted molar refractivity (Wildman–Crippen MR) is 209 cm³/mol. The fourth-order valence-electron chi connectivity index (χ4n) is 5.55. The highest BCUT2D eigenvalue weighted by atomic mass is 16.5. The second-order valence-corrected chi connectivity index (χ2v) is 12.0. The van der Waals surface area contributed by atoms with Crippen molar-refractivity contribution in [3.8, 4) is 17.2 Å². The van der Waals surface area contributed by atoms with Gasteiger partial charge in [0.05, 0.1) is 63.2 Å². The number of nitrogens with two attached hydrogens (primary N) is 1. The Morgan fingerprint density at radius 3 is 1.33 bits per heavy atom. The molecule has 7 amide bonds. The third-order valence-electron chi connectivity index (χ3n) is 8.27. The number of nitrogens with one attached hydrogen (secondary N) is 7. The number of carbonyl (C=O) groups is 7. The molecule has 0 radical (unpaired) electrons. The van der Waals surface area contributed by atoms with E-state index in [0.29, 0.717) is 10.9 Å². The number of benzene rings is 4. The summed E-state index contributed by atoms with van der Waals surface area (Å²) < 4.78 is 15.7. The molecule has 0 aliphatic carbocycles. The van der Waals surface area contributed by atoms with Gasteiger partial charge in [0.15, 0.2) is 0 Å². The molecule has 0 fully saturated rings. The fraction of sp³-hybridized carbons (Fsp3) is 0.154. The number of aromatic amines is 1. The number of hydrogen-bond acceptors (Lipinski definition) is 10. The van der Waals surface area contributed by atoms with Crippen molar-refractivity contribution in [3.05, 3.63) is 107 Å². The van der Waals surface area contributed by atoms with Crippen molar-refractivity contribution in [2.75, 3.05) is 56.9 Å². The fourth-order valence-corrected chi connectivity index (χ4v) is 5.55. The van der Waals surface area contributed by atoms with E-state index in [1.807, 2.05) is 12.1 Å². The first-order chi connectivity index (χ1) is 27.4. The molecule has 5 aromatic rings. The Morgan fingerprint density at radius 2 is 0.912 bits per heavy atom. The van der Waals surface area contributed by atoms with E-state index in [1.165, 1.54) is 75.9 Å². The highest BCUT2D eigenvalue weighted by molar-refractivity contribution is 6.09. The number of carbonyl (C=O) groups excluding carboxylic acids is 7. The summed E-state index contributed by atoms with van der Waals surface area (Å²) in [6, 6.07) is 20.1. The van der Waals surface area contributed by atoms with E-state index in [9.17, 15) is 33.6 Å². The molecule has 294 valence electrons. The Bertz CT molecular complexity index is 2370. The predicted octanol–water partition coefficient (Wildman–Crippen LogP) is 2.40. The SMILES string of the molecule is COc1ccc(NC(=O)CNC(=O)c2cc(NC(=O)CNC(=O)c3cc(NC(=O)CNC(=O)c4c[nH]c5ccccc45)ccc3OC)ccc2OC)cc1C(N)=O. The number of primary amides is 1. The number of hydrogen-bond donors (Lipinski definition) is 8. The van der Waals surface area contributed by atoms with E-state index < -0.39 is 54.4 Å². The first-order valence-electron chi connectivity index (χ1n) is 17.0. The third kappa shape index (κ3) is 10.2. The molecule has 0 saturated carbocycles. The van der Waals surface area contributed by atoms with Crippen molar-refractivity contribution in [2.24, 2.45) is 5.73 Å². The van der Waals surface area contributed by atoms with Crippen LogP contribution in [-0.2, 0) is 14.4 Å². The van der Waals surface area contributed by atoms with E-state index in [2.05, 4.69) is 36.9 Å². The number of amides is 7. The molecule has 0 atom stereocenters. The van der Waals surface area contributed by atoms with Crippen LogP contribution in [0.4, 0.5) is 17.1 Å². The zero-order valence-electron chi connectivity index (χ0n) is 30.9. The van der Waals surface area contributed by atoms with Crippen LogP contribution < -0.4 is 51.8 Å². The van der Waals surface area contributed by atoms with Crippen LogP contribution in [0.2, 0.25) is 0 Å². The summed E-state index contributed by atoms with van der Waals surface area (Å²) >= 11 is 0. The molecule has 18 heteroatoms. The number of anilines is 3. The normalized spacial score (nSPS) is 10.4. The van der Waals surface area contributed by atoms with E-state index >= 15 is 0 Å². The molecule has 0 unspecified atom stereocenters. The summed E-state index contributed by atoms with van der Waals surface area (Å²) in [7, 11) is 4.06. The summed E-state index contributed by atoms with van der Waals surface area (Å²) in [6.07, 6.45) is 1.56. The Morgan fingerprint density at radius 1 is 0.526 bits per heavy atom. The monoisotopic (exact) mass is 778 g/mol. The summed E-state index contributed by atoms with van der Waals surface area (Å²) in [5, 5.41) is 16.0. The van der Waals surface area contributed by atoms with Crippen LogP contribution in [0.15, 0.2) is 85.1 Å². The van der Waals surface area contributed by atoms with Crippen molar-refractivity contribution in [2.45, 2.75) is 0 Å². The molecule has 1 aromatic heterocycles. The minimum absolute atomic E-state index is 0.00581. The minimum Gasteiger partial charge on any atom is -0.496 e. The van der Waals surface area contributed by atoms with Crippen LogP contribution >= 0.6 is 0 Å². The van der Waals surface area contributed by atoms with Crippen LogP contribution in [0.25, 0.3) is 10.9 Å². The zero-order chi connectivity index (χ0) is 41.1. The van der Waals surface area contributed by atoms with Gasteiger partial charge in [-0.1, -0.05) is 18.2 Å². The topological polar surface area (TPSA) is 261 Å². The van der Waals surface area contributed by atoms with Crippen molar-refractivity contribution in [3.63, 3.8) is 0 Å². The molecular formula is C39H38N8O10. The van der Waals surface area contributed by atoms with Gasteiger partial charge in [0.2, 0.25) is 17.7 Å². The lowest BCUT2D eigenvalue weighted by Crippen LogP contribution is -2.34. The van der Waals surface area contributed by atoms with Gasteiger partial charge in [-0.25, -0.2) is 0 Å². The lowest BCUT2D eigenvalue weighted by atomic mass is 10.1. The van der Waals surface area contributed by atoms with Gasteiger partial charge in [0, 0.05) is 34.2 Å². The number of aromatic nitrogens is 1. The van der Waals surface area contributed by atoms with Gasteiger partial charge in [0.1, 0.15) is 17.2 Å². The molecule has 5 rings (SSSR count). The van der Waals surface area contributed by atoms with Gasteiger partial charge in [-0.2, -0.15) is 0 Å². The molecular weight excluding hydrogens is 740 g/mol. The average molecular weight is 779 g/mol. The van der Waals surface area contributed by atoms with E-state index in [-0.39, 0.29) is 57.5 Å². The first kappa shape index (κ1) is 40.3.